The van der Waals surface area contributed by atoms with Gasteiger partial charge in [-0.15, -0.1) is 0 Å². The molecule has 0 bridgehead atoms. The van der Waals surface area contributed by atoms with Crippen molar-refractivity contribution in [2.45, 2.75) is 18.9 Å². The molecule has 0 aliphatic heterocycles. The molecule has 0 heterocycles. The van der Waals surface area contributed by atoms with Crippen LogP contribution in [0.25, 0.3) is 0 Å². The monoisotopic (exact) mass is 284 g/mol. The van der Waals surface area contributed by atoms with Crippen molar-refractivity contribution >= 4 is 0 Å². The van der Waals surface area contributed by atoms with Crippen molar-refractivity contribution in [2.24, 2.45) is 5.92 Å². The minimum atomic E-state index is 0.263. The zero-order chi connectivity index (χ0) is 14.7. The minimum Gasteiger partial charge on any atom is -0.493 e. The van der Waals surface area contributed by atoms with E-state index in [0.717, 1.165) is 23.5 Å². The average Bonchev–Trinajstić information content (AvgIpc) is 3.33. The van der Waals surface area contributed by atoms with Gasteiger partial charge in [0.1, 0.15) is 6.61 Å². The van der Waals surface area contributed by atoms with Crippen molar-refractivity contribution in [3.05, 3.63) is 59.7 Å². The third-order valence-corrected chi connectivity index (χ3v) is 4.01. The number of benzene rings is 2. The van der Waals surface area contributed by atoms with E-state index in [1.54, 1.807) is 7.11 Å². The van der Waals surface area contributed by atoms with Gasteiger partial charge in [0.15, 0.2) is 11.5 Å². The molecule has 0 amide bonds. The van der Waals surface area contributed by atoms with Crippen LogP contribution in [0, 0.1) is 5.92 Å². The molecule has 21 heavy (non-hydrogen) atoms. The maximum Gasteiger partial charge on any atom is 0.161 e. The Balaban J connectivity index is 1.70. The molecule has 1 aliphatic carbocycles. The van der Waals surface area contributed by atoms with Crippen LogP contribution in [-0.2, 0) is 6.61 Å². The molecule has 0 spiro atoms. The van der Waals surface area contributed by atoms with Crippen LogP contribution in [0.4, 0.5) is 0 Å². The summed E-state index contributed by atoms with van der Waals surface area (Å²) < 4.78 is 11.3. The van der Waals surface area contributed by atoms with Gasteiger partial charge in [0, 0.05) is 6.61 Å². The SMILES string of the molecule is COc1cc([C@@H]2C[C@H]2CO)ccc1OCc1ccccc1. The summed E-state index contributed by atoms with van der Waals surface area (Å²) in [6.07, 6.45) is 1.06. The van der Waals surface area contributed by atoms with Gasteiger partial charge in [-0.3, -0.25) is 0 Å². The van der Waals surface area contributed by atoms with E-state index in [2.05, 4.69) is 6.07 Å². The van der Waals surface area contributed by atoms with Gasteiger partial charge in [0.05, 0.1) is 7.11 Å². The lowest BCUT2D eigenvalue weighted by atomic mass is 10.1. The molecule has 0 aromatic heterocycles. The van der Waals surface area contributed by atoms with Crippen molar-refractivity contribution in [3.8, 4) is 11.5 Å². The van der Waals surface area contributed by atoms with Crippen LogP contribution < -0.4 is 9.47 Å². The Morgan fingerprint density at radius 1 is 1.10 bits per heavy atom. The van der Waals surface area contributed by atoms with E-state index < -0.39 is 0 Å². The Bertz CT molecular complexity index is 595. The summed E-state index contributed by atoms with van der Waals surface area (Å²) in [5.41, 5.74) is 2.35. The first-order chi connectivity index (χ1) is 10.3. The molecule has 3 rings (SSSR count). The van der Waals surface area contributed by atoms with Crippen molar-refractivity contribution in [1.29, 1.82) is 0 Å². The smallest absolute Gasteiger partial charge is 0.161 e. The van der Waals surface area contributed by atoms with Crippen molar-refractivity contribution < 1.29 is 14.6 Å². The lowest BCUT2D eigenvalue weighted by Crippen LogP contribution is -1.98. The Labute approximate surface area is 125 Å². The van der Waals surface area contributed by atoms with E-state index in [1.165, 1.54) is 5.56 Å². The molecule has 1 N–H and O–H groups in total. The van der Waals surface area contributed by atoms with Gasteiger partial charge in [-0.2, -0.15) is 0 Å². The first-order valence-electron chi connectivity index (χ1n) is 7.27. The van der Waals surface area contributed by atoms with Crippen LogP contribution in [0.2, 0.25) is 0 Å². The van der Waals surface area contributed by atoms with Gasteiger partial charge in [0.2, 0.25) is 0 Å². The summed E-state index contributed by atoms with van der Waals surface area (Å²) in [6.45, 7) is 0.790. The van der Waals surface area contributed by atoms with Gasteiger partial charge < -0.3 is 14.6 Å². The second-order valence-electron chi connectivity index (χ2n) is 5.47. The first kappa shape index (κ1) is 14.0. The molecule has 0 saturated heterocycles. The van der Waals surface area contributed by atoms with Crippen LogP contribution in [-0.4, -0.2) is 18.8 Å². The zero-order valence-electron chi connectivity index (χ0n) is 12.2. The number of aliphatic hydroxyl groups is 1. The van der Waals surface area contributed by atoms with Crippen LogP contribution in [0.3, 0.4) is 0 Å². The van der Waals surface area contributed by atoms with Crippen molar-refractivity contribution in [2.75, 3.05) is 13.7 Å². The lowest BCUT2D eigenvalue weighted by Gasteiger charge is -2.12. The van der Waals surface area contributed by atoms with Gasteiger partial charge in [-0.1, -0.05) is 36.4 Å². The maximum atomic E-state index is 9.17. The van der Waals surface area contributed by atoms with Gasteiger partial charge in [0.25, 0.3) is 0 Å². The number of hydrogen-bond donors (Lipinski definition) is 1. The minimum absolute atomic E-state index is 0.263. The number of aliphatic hydroxyl groups excluding tert-OH is 1. The highest BCUT2D eigenvalue weighted by Crippen LogP contribution is 2.48. The highest BCUT2D eigenvalue weighted by molar-refractivity contribution is 5.45. The van der Waals surface area contributed by atoms with Gasteiger partial charge in [-0.25, -0.2) is 0 Å². The van der Waals surface area contributed by atoms with Crippen molar-refractivity contribution in [3.63, 3.8) is 0 Å². The van der Waals surface area contributed by atoms with Crippen LogP contribution in [0.1, 0.15) is 23.5 Å². The molecule has 1 fully saturated rings. The van der Waals surface area contributed by atoms with Crippen LogP contribution >= 0.6 is 0 Å². The third kappa shape index (κ3) is 3.19. The molecule has 0 unspecified atom stereocenters. The van der Waals surface area contributed by atoms with Gasteiger partial charge in [-0.05, 0) is 41.5 Å². The first-order valence-corrected chi connectivity index (χ1v) is 7.27. The van der Waals surface area contributed by atoms with E-state index in [4.69, 9.17) is 9.47 Å². The Hall–Kier alpha value is -2.00. The average molecular weight is 284 g/mol. The summed E-state index contributed by atoms with van der Waals surface area (Å²) in [7, 11) is 1.66. The van der Waals surface area contributed by atoms with E-state index in [0.29, 0.717) is 18.4 Å². The second kappa shape index (κ2) is 6.19. The fraction of sp³-hybridized carbons (Fsp3) is 0.333. The standard InChI is InChI=1S/C18H20O3/c1-20-18-10-14(16-9-15(16)11-19)7-8-17(18)21-12-13-5-3-2-4-6-13/h2-8,10,15-16,19H,9,11-12H2,1H3/t15-,16-/m0/s1. The van der Waals surface area contributed by atoms with E-state index in [9.17, 15) is 5.11 Å². The van der Waals surface area contributed by atoms with Crippen molar-refractivity contribution in [1.82, 2.24) is 0 Å². The van der Waals surface area contributed by atoms with E-state index >= 15 is 0 Å². The molecular weight excluding hydrogens is 264 g/mol. The number of rotatable bonds is 6. The third-order valence-electron chi connectivity index (χ3n) is 4.01. The number of methoxy groups -OCH3 is 1. The molecule has 3 nitrogen and oxygen atoms in total. The predicted molar refractivity (Wildman–Crippen MR) is 81.7 cm³/mol. The lowest BCUT2D eigenvalue weighted by molar-refractivity contribution is 0.273. The molecule has 1 aliphatic rings. The summed E-state index contributed by atoms with van der Waals surface area (Å²) in [6, 6.07) is 16.1. The summed E-state index contributed by atoms with van der Waals surface area (Å²) in [5.74, 6) is 2.39. The molecule has 2 atom stereocenters. The number of hydrogen-bond acceptors (Lipinski definition) is 3. The summed E-state index contributed by atoms with van der Waals surface area (Å²) in [4.78, 5) is 0. The molecule has 1 saturated carbocycles. The zero-order valence-corrected chi connectivity index (χ0v) is 12.2. The van der Waals surface area contributed by atoms with Crippen LogP contribution in [0.15, 0.2) is 48.5 Å². The summed E-state index contributed by atoms with van der Waals surface area (Å²) >= 11 is 0. The molecular formula is C18H20O3. The fourth-order valence-electron chi connectivity index (χ4n) is 2.63. The molecule has 3 heteroatoms. The Morgan fingerprint density at radius 3 is 2.57 bits per heavy atom. The quantitative estimate of drug-likeness (QED) is 0.884. The second-order valence-corrected chi connectivity index (χ2v) is 5.47. The highest BCUT2D eigenvalue weighted by Gasteiger charge is 2.37. The Kier molecular flexibility index (Phi) is 4.11. The highest BCUT2D eigenvalue weighted by atomic mass is 16.5. The van der Waals surface area contributed by atoms with Gasteiger partial charge >= 0.3 is 0 Å². The molecule has 2 aromatic rings. The van der Waals surface area contributed by atoms with Crippen LogP contribution in [0.5, 0.6) is 11.5 Å². The predicted octanol–water partition coefficient (Wildman–Crippen LogP) is 3.37. The number of ether oxygens (including phenoxy) is 2. The molecule has 2 aromatic carbocycles. The van der Waals surface area contributed by atoms with E-state index in [1.807, 2.05) is 42.5 Å². The fourth-order valence-corrected chi connectivity index (χ4v) is 2.63. The maximum absolute atomic E-state index is 9.17. The van der Waals surface area contributed by atoms with E-state index in [-0.39, 0.29) is 6.61 Å². The topological polar surface area (TPSA) is 38.7 Å². The largest absolute Gasteiger partial charge is 0.493 e. The molecule has 0 radical (unpaired) electrons. The molecule has 110 valence electrons. The summed E-state index contributed by atoms with van der Waals surface area (Å²) in [5, 5.41) is 9.17. The normalized spacial score (nSPS) is 20.1. The Morgan fingerprint density at radius 2 is 1.90 bits per heavy atom.